The molecule has 1 N–H and O–H groups in total. The average Bonchev–Trinajstić information content (AvgIpc) is 2.26. The zero-order valence-corrected chi connectivity index (χ0v) is 11.3. The minimum absolute atomic E-state index is 0.585. The normalized spacial score (nSPS) is 24.9. The smallest absolute Gasteiger partial charge is 0.0502 e. The molecule has 0 aromatic rings. The zero-order chi connectivity index (χ0) is 12.0. The molecule has 0 spiro atoms. The molecular weight excluding hydrogens is 200 g/mol. The van der Waals surface area contributed by atoms with E-state index in [1.54, 1.807) is 0 Å². The van der Waals surface area contributed by atoms with Gasteiger partial charge in [-0.05, 0) is 32.2 Å². The van der Waals surface area contributed by atoms with Gasteiger partial charge < -0.3 is 10.1 Å². The summed E-state index contributed by atoms with van der Waals surface area (Å²) in [6.07, 6.45) is 2.65. The number of likely N-dealkylation sites (tertiary alicyclic amines) is 1. The van der Waals surface area contributed by atoms with Crippen LogP contribution in [0.2, 0.25) is 0 Å². The van der Waals surface area contributed by atoms with Gasteiger partial charge in [-0.2, -0.15) is 0 Å². The fraction of sp³-hybridized carbons (Fsp3) is 1.00. The second-order valence-corrected chi connectivity index (χ2v) is 5.37. The molecule has 0 bridgehead atoms. The summed E-state index contributed by atoms with van der Waals surface area (Å²) >= 11 is 0. The van der Waals surface area contributed by atoms with Crippen LogP contribution in [0.5, 0.6) is 0 Å². The molecule has 0 aromatic carbocycles. The Hall–Kier alpha value is -0.120. The number of nitrogens with one attached hydrogen (secondary N) is 1. The van der Waals surface area contributed by atoms with Gasteiger partial charge in [-0.15, -0.1) is 0 Å². The number of nitrogens with zero attached hydrogens (tertiary/aromatic N) is 1. The molecule has 1 heterocycles. The highest BCUT2D eigenvalue weighted by Gasteiger charge is 2.23. The number of hydrogen-bond donors (Lipinski definition) is 1. The van der Waals surface area contributed by atoms with Crippen molar-refractivity contribution in [2.75, 3.05) is 33.4 Å². The Balaban J connectivity index is 2.28. The van der Waals surface area contributed by atoms with Gasteiger partial charge in [0.25, 0.3) is 0 Å². The van der Waals surface area contributed by atoms with Crippen LogP contribution >= 0.6 is 0 Å². The maximum absolute atomic E-state index is 5.27. The summed E-state index contributed by atoms with van der Waals surface area (Å²) in [6, 6.07) is 1.23. The van der Waals surface area contributed by atoms with E-state index in [0.717, 1.165) is 19.1 Å². The van der Waals surface area contributed by atoms with Gasteiger partial charge in [0.1, 0.15) is 0 Å². The maximum atomic E-state index is 5.27. The molecule has 1 fully saturated rings. The molecule has 1 rings (SSSR count). The van der Waals surface area contributed by atoms with Crippen molar-refractivity contribution in [3.05, 3.63) is 0 Å². The van der Waals surface area contributed by atoms with Gasteiger partial charge in [0.2, 0.25) is 0 Å². The van der Waals surface area contributed by atoms with Crippen molar-refractivity contribution in [3.63, 3.8) is 0 Å². The Morgan fingerprint density at radius 2 is 2.12 bits per heavy atom. The Bertz CT molecular complexity index is 183. The van der Waals surface area contributed by atoms with Gasteiger partial charge in [-0.3, -0.25) is 4.90 Å². The van der Waals surface area contributed by atoms with Crippen LogP contribution in [0.3, 0.4) is 0 Å². The van der Waals surface area contributed by atoms with Crippen LogP contribution in [0.25, 0.3) is 0 Å². The molecule has 1 aliphatic rings. The van der Waals surface area contributed by atoms with Gasteiger partial charge in [0.15, 0.2) is 0 Å². The minimum Gasteiger partial charge on any atom is -0.384 e. The summed E-state index contributed by atoms with van der Waals surface area (Å²) in [5, 5.41) is 3.52. The molecule has 0 radical (unpaired) electrons. The third-order valence-electron chi connectivity index (χ3n) is 3.40. The lowest BCUT2D eigenvalue weighted by Gasteiger charge is -2.37. The lowest BCUT2D eigenvalue weighted by atomic mass is 9.97. The third-order valence-corrected chi connectivity index (χ3v) is 3.40. The first-order valence-corrected chi connectivity index (χ1v) is 6.59. The summed E-state index contributed by atoms with van der Waals surface area (Å²) in [4.78, 5) is 2.60. The number of piperidine rings is 1. The predicted octanol–water partition coefficient (Wildman–Crippen LogP) is 1.73. The van der Waals surface area contributed by atoms with Crippen molar-refractivity contribution in [1.82, 2.24) is 10.2 Å². The van der Waals surface area contributed by atoms with E-state index in [0.29, 0.717) is 12.1 Å². The standard InChI is InChI=1S/C13H28N2O/c1-11(2)14-8-12(3)15-7-5-6-13(9-15)10-16-4/h11-14H,5-10H2,1-4H3. The van der Waals surface area contributed by atoms with Crippen LogP contribution < -0.4 is 5.32 Å². The van der Waals surface area contributed by atoms with Crippen LogP contribution in [0, 0.1) is 5.92 Å². The molecule has 0 aromatic heterocycles. The molecule has 3 heteroatoms. The molecule has 2 atom stereocenters. The lowest BCUT2D eigenvalue weighted by molar-refractivity contribution is 0.0716. The van der Waals surface area contributed by atoms with Crippen molar-refractivity contribution in [2.24, 2.45) is 5.92 Å². The van der Waals surface area contributed by atoms with Crippen molar-refractivity contribution in [1.29, 1.82) is 0 Å². The fourth-order valence-electron chi connectivity index (χ4n) is 2.40. The summed E-state index contributed by atoms with van der Waals surface area (Å²) in [7, 11) is 1.81. The van der Waals surface area contributed by atoms with E-state index in [-0.39, 0.29) is 0 Å². The van der Waals surface area contributed by atoms with Crippen molar-refractivity contribution < 1.29 is 4.74 Å². The molecule has 2 unspecified atom stereocenters. The molecular formula is C13H28N2O. The van der Waals surface area contributed by atoms with E-state index in [9.17, 15) is 0 Å². The SMILES string of the molecule is COCC1CCCN(C(C)CNC(C)C)C1. The first-order valence-electron chi connectivity index (χ1n) is 6.59. The van der Waals surface area contributed by atoms with Crippen molar-refractivity contribution in [3.8, 4) is 0 Å². The minimum atomic E-state index is 0.585. The lowest BCUT2D eigenvalue weighted by Crippen LogP contribution is -2.47. The zero-order valence-electron chi connectivity index (χ0n) is 11.3. The summed E-state index contributed by atoms with van der Waals surface area (Å²) in [5.74, 6) is 0.736. The van der Waals surface area contributed by atoms with E-state index in [2.05, 4.69) is 31.0 Å². The summed E-state index contributed by atoms with van der Waals surface area (Å²) < 4.78 is 5.27. The van der Waals surface area contributed by atoms with Gasteiger partial charge in [0, 0.05) is 32.3 Å². The molecule has 16 heavy (non-hydrogen) atoms. The molecule has 1 aliphatic heterocycles. The topological polar surface area (TPSA) is 24.5 Å². The van der Waals surface area contributed by atoms with Crippen molar-refractivity contribution >= 4 is 0 Å². The monoisotopic (exact) mass is 228 g/mol. The van der Waals surface area contributed by atoms with E-state index < -0.39 is 0 Å². The van der Waals surface area contributed by atoms with Gasteiger partial charge >= 0.3 is 0 Å². The van der Waals surface area contributed by atoms with Crippen LogP contribution in [-0.4, -0.2) is 50.3 Å². The molecule has 0 saturated carbocycles. The highest BCUT2D eigenvalue weighted by molar-refractivity contribution is 4.78. The maximum Gasteiger partial charge on any atom is 0.0502 e. The number of rotatable bonds is 6. The number of ether oxygens (including phenoxy) is 1. The Morgan fingerprint density at radius 1 is 1.38 bits per heavy atom. The van der Waals surface area contributed by atoms with E-state index in [1.165, 1.54) is 25.9 Å². The first-order chi connectivity index (χ1) is 7.63. The van der Waals surface area contributed by atoms with Gasteiger partial charge in [0.05, 0.1) is 6.61 Å². The third kappa shape index (κ3) is 4.81. The molecule has 0 aliphatic carbocycles. The highest BCUT2D eigenvalue weighted by Crippen LogP contribution is 2.18. The fourth-order valence-corrected chi connectivity index (χ4v) is 2.40. The highest BCUT2D eigenvalue weighted by atomic mass is 16.5. The summed E-state index contributed by atoms with van der Waals surface area (Å²) in [6.45, 7) is 11.2. The molecule has 3 nitrogen and oxygen atoms in total. The van der Waals surface area contributed by atoms with E-state index in [4.69, 9.17) is 4.74 Å². The summed E-state index contributed by atoms with van der Waals surface area (Å²) in [5.41, 5.74) is 0. The van der Waals surface area contributed by atoms with Crippen LogP contribution in [0.15, 0.2) is 0 Å². The Morgan fingerprint density at radius 3 is 2.75 bits per heavy atom. The van der Waals surface area contributed by atoms with Crippen LogP contribution in [0.4, 0.5) is 0 Å². The molecule has 0 amide bonds. The largest absolute Gasteiger partial charge is 0.384 e. The van der Waals surface area contributed by atoms with Gasteiger partial charge in [-0.25, -0.2) is 0 Å². The van der Waals surface area contributed by atoms with E-state index in [1.807, 2.05) is 7.11 Å². The quantitative estimate of drug-likeness (QED) is 0.749. The molecule has 1 saturated heterocycles. The predicted molar refractivity (Wildman–Crippen MR) is 68.8 cm³/mol. The first kappa shape index (κ1) is 13.9. The second-order valence-electron chi connectivity index (χ2n) is 5.37. The van der Waals surface area contributed by atoms with Crippen LogP contribution in [-0.2, 0) is 4.74 Å². The van der Waals surface area contributed by atoms with Crippen molar-refractivity contribution in [2.45, 2.75) is 45.7 Å². The molecule has 96 valence electrons. The van der Waals surface area contributed by atoms with Gasteiger partial charge in [-0.1, -0.05) is 13.8 Å². The Kier molecular flexibility index (Phi) is 6.32. The second kappa shape index (κ2) is 7.25. The average molecular weight is 228 g/mol. The number of hydrogen-bond acceptors (Lipinski definition) is 3. The van der Waals surface area contributed by atoms with Crippen LogP contribution in [0.1, 0.15) is 33.6 Å². The number of methoxy groups -OCH3 is 1. The Labute approximate surface area is 101 Å². The van der Waals surface area contributed by atoms with E-state index >= 15 is 0 Å².